The Morgan fingerprint density at radius 1 is 1.36 bits per heavy atom. The molecule has 0 saturated carbocycles. The second-order valence-electron chi connectivity index (χ2n) is 5.96. The van der Waals surface area contributed by atoms with Gasteiger partial charge >= 0.3 is 0 Å². The number of aryl methyl sites for hydroxylation is 2. The largest absolute Gasteiger partial charge is 0.382 e. The fourth-order valence-corrected chi connectivity index (χ4v) is 4.36. The van der Waals surface area contributed by atoms with E-state index >= 15 is 0 Å². The highest BCUT2D eigenvalue weighted by Gasteiger charge is 2.48. The smallest absolute Gasteiger partial charge is 0.186 e. The van der Waals surface area contributed by atoms with Crippen LogP contribution in [-0.2, 0) is 19.0 Å². The number of rotatable bonds is 5. The van der Waals surface area contributed by atoms with Crippen LogP contribution in [0.3, 0.4) is 0 Å². The lowest BCUT2D eigenvalue weighted by Gasteiger charge is -2.22. The molecule has 1 unspecified atom stereocenters. The first-order chi connectivity index (χ1) is 12.0. The summed E-state index contributed by atoms with van der Waals surface area (Å²) in [5, 5.41) is -0.222. The zero-order valence-electron chi connectivity index (χ0n) is 14.9. The third kappa shape index (κ3) is 3.29. The van der Waals surface area contributed by atoms with E-state index < -0.39 is 6.23 Å². The number of hydrogen-bond acceptors (Lipinski definition) is 8. The number of hydrogen-bond donors (Lipinski definition) is 0. The quantitative estimate of drug-likeness (QED) is 0.789. The van der Waals surface area contributed by atoms with Gasteiger partial charge in [-0.3, -0.25) is 9.36 Å². The second-order valence-corrected chi connectivity index (χ2v) is 7.31. The standard InChI is InChI=1S/C16H22N4O4S/c1-8-12-15(18-7-17-8)20(9(2)19-12)16-14(25-10(3)21)13(23-5)11(24-16)6-22-4/h7,11,13-14,16H,6H2,1-5H3/t11-,13?,14+,16-/m1/s1. The fourth-order valence-electron chi connectivity index (χ4n) is 3.25. The van der Waals surface area contributed by atoms with E-state index in [1.165, 1.54) is 18.1 Å². The SMILES string of the molecule is COC[C@H]1O[C@@H](n2c(C)nc3c(C)ncnc32)[C@@H](SC(C)=O)C1OC. The average Bonchev–Trinajstić information content (AvgIpc) is 3.05. The topological polar surface area (TPSA) is 88.4 Å². The summed E-state index contributed by atoms with van der Waals surface area (Å²) < 4.78 is 19.1. The predicted octanol–water partition coefficient (Wildman–Crippen LogP) is 1.65. The molecular formula is C16H22N4O4S. The lowest BCUT2D eigenvalue weighted by Crippen LogP contribution is -2.34. The van der Waals surface area contributed by atoms with Gasteiger partial charge in [0.25, 0.3) is 0 Å². The highest BCUT2D eigenvalue weighted by molar-refractivity contribution is 8.14. The first-order valence-corrected chi connectivity index (χ1v) is 8.86. The summed E-state index contributed by atoms with van der Waals surface area (Å²) in [6.07, 6.45) is 0.520. The van der Waals surface area contributed by atoms with Crippen molar-refractivity contribution in [2.45, 2.75) is 44.5 Å². The van der Waals surface area contributed by atoms with E-state index in [9.17, 15) is 4.79 Å². The van der Waals surface area contributed by atoms with E-state index in [-0.39, 0.29) is 22.6 Å². The summed E-state index contributed by atoms with van der Waals surface area (Å²) in [7, 11) is 3.24. The maximum Gasteiger partial charge on any atom is 0.186 e. The van der Waals surface area contributed by atoms with Crippen molar-refractivity contribution in [3.8, 4) is 0 Å². The predicted molar refractivity (Wildman–Crippen MR) is 93.4 cm³/mol. The minimum absolute atomic E-state index is 0.00611. The molecule has 1 fully saturated rings. The summed E-state index contributed by atoms with van der Waals surface area (Å²) in [5.74, 6) is 0.755. The number of imidazole rings is 1. The van der Waals surface area contributed by atoms with Gasteiger partial charge in [-0.1, -0.05) is 11.8 Å². The molecule has 1 aliphatic rings. The van der Waals surface area contributed by atoms with Crippen LogP contribution in [-0.4, -0.2) is 62.9 Å². The van der Waals surface area contributed by atoms with Crippen LogP contribution in [0.4, 0.5) is 0 Å². The highest BCUT2D eigenvalue weighted by atomic mass is 32.2. The van der Waals surface area contributed by atoms with Crippen LogP contribution in [0.5, 0.6) is 0 Å². The number of fused-ring (bicyclic) bond motifs is 1. The third-order valence-electron chi connectivity index (χ3n) is 4.28. The molecule has 3 heterocycles. The Morgan fingerprint density at radius 3 is 2.76 bits per heavy atom. The molecule has 4 atom stereocenters. The number of carbonyl (C=O) groups is 1. The fraction of sp³-hybridized carbons (Fsp3) is 0.625. The van der Waals surface area contributed by atoms with E-state index in [1.54, 1.807) is 21.1 Å². The number of aromatic nitrogens is 4. The summed E-state index contributed by atoms with van der Waals surface area (Å²) in [6.45, 7) is 5.71. The van der Waals surface area contributed by atoms with Gasteiger partial charge in [-0.2, -0.15) is 0 Å². The van der Waals surface area contributed by atoms with Gasteiger partial charge in [0.05, 0.1) is 17.6 Å². The molecule has 136 valence electrons. The van der Waals surface area contributed by atoms with Gasteiger partial charge in [-0.15, -0.1) is 0 Å². The van der Waals surface area contributed by atoms with Gasteiger partial charge in [0.2, 0.25) is 0 Å². The monoisotopic (exact) mass is 366 g/mol. The summed E-state index contributed by atoms with van der Waals surface area (Å²) >= 11 is 1.22. The molecule has 1 aliphatic heterocycles. The minimum atomic E-state index is -0.432. The molecule has 25 heavy (non-hydrogen) atoms. The molecule has 2 aromatic heterocycles. The number of methoxy groups -OCH3 is 2. The van der Waals surface area contributed by atoms with E-state index in [1.807, 2.05) is 18.4 Å². The maximum atomic E-state index is 11.8. The van der Waals surface area contributed by atoms with Crippen molar-refractivity contribution in [1.82, 2.24) is 19.5 Å². The molecule has 3 rings (SSSR count). The van der Waals surface area contributed by atoms with Crippen LogP contribution in [0, 0.1) is 13.8 Å². The van der Waals surface area contributed by atoms with Gasteiger partial charge in [0.15, 0.2) is 17.0 Å². The van der Waals surface area contributed by atoms with Crippen LogP contribution >= 0.6 is 11.8 Å². The molecule has 2 aromatic rings. The minimum Gasteiger partial charge on any atom is -0.382 e. The van der Waals surface area contributed by atoms with Gasteiger partial charge in [-0.25, -0.2) is 15.0 Å². The van der Waals surface area contributed by atoms with E-state index in [2.05, 4.69) is 15.0 Å². The van der Waals surface area contributed by atoms with Gasteiger partial charge in [-0.05, 0) is 13.8 Å². The number of thioether (sulfide) groups is 1. The van der Waals surface area contributed by atoms with Gasteiger partial charge < -0.3 is 14.2 Å². The summed E-state index contributed by atoms with van der Waals surface area (Å²) in [4.78, 5) is 25.0. The van der Waals surface area contributed by atoms with E-state index in [0.29, 0.717) is 12.3 Å². The summed E-state index contributed by atoms with van der Waals surface area (Å²) in [5.41, 5.74) is 2.23. The van der Waals surface area contributed by atoms with Crippen LogP contribution in [0.25, 0.3) is 11.2 Å². The molecular weight excluding hydrogens is 344 g/mol. The zero-order valence-corrected chi connectivity index (χ0v) is 15.7. The Kier molecular flexibility index (Phi) is 5.38. The van der Waals surface area contributed by atoms with Gasteiger partial charge in [0.1, 0.15) is 29.9 Å². The van der Waals surface area contributed by atoms with Crippen LogP contribution < -0.4 is 0 Å². The first kappa shape index (κ1) is 18.2. The van der Waals surface area contributed by atoms with Crippen molar-refractivity contribution in [2.75, 3.05) is 20.8 Å². The Morgan fingerprint density at radius 2 is 2.12 bits per heavy atom. The van der Waals surface area contributed by atoms with Crippen molar-refractivity contribution in [1.29, 1.82) is 0 Å². The van der Waals surface area contributed by atoms with Crippen molar-refractivity contribution in [3.05, 3.63) is 17.8 Å². The zero-order chi connectivity index (χ0) is 18.1. The molecule has 9 heteroatoms. The molecule has 0 aliphatic carbocycles. The lowest BCUT2D eigenvalue weighted by molar-refractivity contribution is -0.109. The van der Waals surface area contributed by atoms with Crippen LogP contribution in [0.1, 0.15) is 24.7 Å². The average molecular weight is 366 g/mol. The molecule has 0 N–H and O–H groups in total. The molecule has 0 spiro atoms. The second kappa shape index (κ2) is 7.36. The normalized spacial score (nSPS) is 26.4. The molecule has 8 nitrogen and oxygen atoms in total. The Hall–Kier alpha value is -1.55. The Labute approximate surface area is 150 Å². The third-order valence-corrected chi connectivity index (χ3v) is 5.39. The van der Waals surface area contributed by atoms with Crippen molar-refractivity contribution >= 4 is 28.0 Å². The number of ether oxygens (including phenoxy) is 3. The van der Waals surface area contributed by atoms with E-state index in [4.69, 9.17) is 14.2 Å². The van der Waals surface area contributed by atoms with Gasteiger partial charge in [0, 0.05) is 21.1 Å². The summed E-state index contributed by atoms with van der Waals surface area (Å²) in [6, 6.07) is 0. The van der Waals surface area contributed by atoms with Crippen LogP contribution in [0.2, 0.25) is 0 Å². The number of nitrogens with zero attached hydrogens (tertiary/aromatic N) is 4. The lowest BCUT2D eigenvalue weighted by atomic mass is 10.2. The molecule has 0 bridgehead atoms. The van der Waals surface area contributed by atoms with Crippen molar-refractivity contribution < 1.29 is 19.0 Å². The Balaban J connectivity index is 2.08. The van der Waals surface area contributed by atoms with Crippen LogP contribution in [0.15, 0.2) is 6.33 Å². The molecule has 0 aromatic carbocycles. The molecule has 0 radical (unpaired) electrons. The number of carbonyl (C=O) groups excluding carboxylic acids is 1. The van der Waals surface area contributed by atoms with Crippen molar-refractivity contribution in [2.24, 2.45) is 0 Å². The van der Waals surface area contributed by atoms with Crippen molar-refractivity contribution in [3.63, 3.8) is 0 Å². The first-order valence-electron chi connectivity index (χ1n) is 7.98. The van der Waals surface area contributed by atoms with E-state index in [0.717, 1.165) is 17.0 Å². The Bertz CT molecular complexity index is 781. The maximum absolute atomic E-state index is 11.8. The molecule has 0 amide bonds. The highest BCUT2D eigenvalue weighted by Crippen LogP contribution is 2.41. The molecule has 1 saturated heterocycles.